The molecule has 0 heterocycles. The fourth-order valence-corrected chi connectivity index (χ4v) is 3.22. The molecule has 0 saturated carbocycles. The molecule has 0 aromatic heterocycles. The van der Waals surface area contributed by atoms with Crippen LogP contribution < -0.4 is 4.72 Å². The largest absolute Gasteiger partial charge is 0.480 e. The van der Waals surface area contributed by atoms with Crippen LogP contribution >= 0.6 is 0 Å². The predicted molar refractivity (Wildman–Crippen MR) is 81.7 cm³/mol. The lowest BCUT2D eigenvalue weighted by Crippen LogP contribution is -2.41. The topological polar surface area (TPSA) is 83.5 Å². The Morgan fingerprint density at radius 3 is 2.33 bits per heavy atom. The van der Waals surface area contributed by atoms with Gasteiger partial charge in [0.1, 0.15) is 6.04 Å². The van der Waals surface area contributed by atoms with E-state index in [0.717, 1.165) is 5.56 Å². The van der Waals surface area contributed by atoms with E-state index in [1.54, 1.807) is 12.1 Å². The lowest BCUT2D eigenvalue weighted by Gasteiger charge is -2.17. The number of carbonyl (C=O) groups is 1. The Bertz CT molecular complexity index is 593. The summed E-state index contributed by atoms with van der Waals surface area (Å²) in [4.78, 5) is 11.3. The average molecular weight is 313 g/mol. The van der Waals surface area contributed by atoms with Crippen molar-refractivity contribution >= 4 is 16.0 Å². The van der Waals surface area contributed by atoms with E-state index in [0.29, 0.717) is 0 Å². The predicted octanol–water partition coefficient (Wildman–Crippen LogP) is 2.59. The maximum absolute atomic E-state index is 12.3. The average Bonchev–Trinajstić information content (AvgIpc) is 2.37. The molecule has 118 valence electrons. The summed E-state index contributed by atoms with van der Waals surface area (Å²) in [5.74, 6) is -0.880. The van der Waals surface area contributed by atoms with Gasteiger partial charge < -0.3 is 5.11 Å². The molecule has 1 rings (SSSR count). The van der Waals surface area contributed by atoms with Gasteiger partial charge in [-0.15, -0.1) is 0 Å². The SMILES string of the molecule is CC(C)CC(NS(=O)(=O)c1cccc(C(C)C)c1)C(=O)O. The van der Waals surface area contributed by atoms with Gasteiger partial charge in [-0.3, -0.25) is 4.79 Å². The maximum atomic E-state index is 12.3. The molecule has 0 saturated heterocycles. The Labute approximate surface area is 126 Å². The molecule has 0 spiro atoms. The van der Waals surface area contributed by atoms with Gasteiger partial charge in [-0.25, -0.2) is 8.42 Å². The number of aliphatic carboxylic acids is 1. The third kappa shape index (κ3) is 5.13. The highest BCUT2D eigenvalue weighted by Gasteiger charge is 2.26. The van der Waals surface area contributed by atoms with Gasteiger partial charge in [0, 0.05) is 0 Å². The molecule has 1 unspecified atom stereocenters. The standard InChI is InChI=1S/C15H23NO4S/c1-10(2)8-14(15(17)18)16-21(19,20)13-7-5-6-12(9-13)11(3)4/h5-7,9-11,14,16H,8H2,1-4H3,(H,17,18). The number of nitrogens with one attached hydrogen (secondary N) is 1. The summed E-state index contributed by atoms with van der Waals surface area (Å²) < 4.78 is 26.9. The highest BCUT2D eigenvalue weighted by atomic mass is 32.2. The monoisotopic (exact) mass is 313 g/mol. The third-order valence-corrected chi connectivity index (χ3v) is 4.61. The zero-order valence-corrected chi connectivity index (χ0v) is 13.6. The second-order valence-corrected chi connectivity index (χ2v) is 7.58. The molecular formula is C15H23NO4S. The molecule has 2 N–H and O–H groups in total. The van der Waals surface area contributed by atoms with Gasteiger partial charge in [0.25, 0.3) is 0 Å². The highest BCUT2D eigenvalue weighted by Crippen LogP contribution is 2.19. The Hall–Kier alpha value is -1.40. The highest BCUT2D eigenvalue weighted by molar-refractivity contribution is 7.89. The van der Waals surface area contributed by atoms with E-state index < -0.39 is 22.0 Å². The summed E-state index contributed by atoms with van der Waals surface area (Å²) in [6.45, 7) is 7.64. The summed E-state index contributed by atoms with van der Waals surface area (Å²) in [6.07, 6.45) is 0.248. The van der Waals surface area contributed by atoms with Crippen LogP contribution in [0.15, 0.2) is 29.2 Å². The number of hydrogen-bond acceptors (Lipinski definition) is 3. The second kappa shape index (κ2) is 7.04. The van der Waals surface area contributed by atoms with Gasteiger partial charge in [0.2, 0.25) is 10.0 Å². The van der Waals surface area contributed by atoms with Crippen molar-refractivity contribution in [1.29, 1.82) is 0 Å². The summed E-state index contributed by atoms with van der Waals surface area (Å²) in [5.41, 5.74) is 0.897. The van der Waals surface area contributed by atoms with Gasteiger partial charge in [-0.05, 0) is 36.0 Å². The zero-order valence-electron chi connectivity index (χ0n) is 12.8. The number of sulfonamides is 1. The Morgan fingerprint density at radius 1 is 1.24 bits per heavy atom. The van der Waals surface area contributed by atoms with Gasteiger partial charge in [-0.1, -0.05) is 39.8 Å². The lowest BCUT2D eigenvalue weighted by atomic mass is 10.0. The van der Waals surface area contributed by atoms with Gasteiger partial charge in [0.05, 0.1) is 4.90 Å². The zero-order chi connectivity index (χ0) is 16.2. The normalized spacial score (nSPS) is 13.6. The van der Waals surface area contributed by atoms with Crippen LogP contribution in [0.2, 0.25) is 0 Å². The van der Waals surface area contributed by atoms with Crippen LogP contribution in [0.1, 0.15) is 45.6 Å². The van der Waals surface area contributed by atoms with E-state index >= 15 is 0 Å². The van der Waals surface area contributed by atoms with Crippen LogP contribution in [0.25, 0.3) is 0 Å². The first-order valence-electron chi connectivity index (χ1n) is 6.98. The first-order chi connectivity index (χ1) is 9.63. The van der Waals surface area contributed by atoms with Gasteiger partial charge >= 0.3 is 5.97 Å². The molecule has 6 heteroatoms. The Balaban J connectivity index is 3.04. The molecule has 1 aromatic carbocycles. The van der Waals surface area contributed by atoms with Crippen LogP contribution in [0.5, 0.6) is 0 Å². The summed E-state index contributed by atoms with van der Waals surface area (Å²) >= 11 is 0. The van der Waals surface area contributed by atoms with Crippen LogP contribution in [-0.2, 0) is 14.8 Å². The number of hydrogen-bond donors (Lipinski definition) is 2. The van der Waals surface area contributed by atoms with Crippen molar-refractivity contribution in [2.24, 2.45) is 5.92 Å². The van der Waals surface area contributed by atoms with Crippen molar-refractivity contribution in [1.82, 2.24) is 4.72 Å². The van der Waals surface area contributed by atoms with Crippen molar-refractivity contribution in [2.75, 3.05) is 0 Å². The quantitative estimate of drug-likeness (QED) is 0.810. The van der Waals surface area contributed by atoms with E-state index in [2.05, 4.69) is 4.72 Å². The molecule has 0 aliphatic rings. The molecule has 1 atom stereocenters. The molecule has 0 aliphatic carbocycles. The number of rotatable bonds is 7. The van der Waals surface area contributed by atoms with Crippen LogP contribution in [0, 0.1) is 5.92 Å². The van der Waals surface area contributed by atoms with E-state index in [-0.39, 0.29) is 23.2 Å². The molecular weight excluding hydrogens is 290 g/mol. The Morgan fingerprint density at radius 2 is 1.86 bits per heavy atom. The van der Waals surface area contributed by atoms with Crippen molar-refractivity contribution in [2.45, 2.75) is 51.0 Å². The van der Waals surface area contributed by atoms with Crippen molar-refractivity contribution in [3.63, 3.8) is 0 Å². The molecule has 1 aromatic rings. The summed E-state index contributed by atoms with van der Waals surface area (Å²) in [5, 5.41) is 9.15. The van der Waals surface area contributed by atoms with Crippen molar-refractivity contribution in [3.05, 3.63) is 29.8 Å². The molecule has 5 nitrogen and oxygen atoms in total. The van der Waals surface area contributed by atoms with E-state index in [4.69, 9.17) is 5.11 Å². The summed E-state index contributed by atoms with van der Waals surface area (Å²) in [6, 6.07) is 5.47. The van der Waals surface area contributed by atoms with Crippen molar-refractivity contribution < 1.29 is 18.3 Å². The number of carboxylic acid groups (broad SMARTS) is 1. The minimum atomic E-state index is -3.84. The smallest absolute Gasteiger partial charge is 0.321 e. The van der Waals surface area contributed by atoms with Crippen molar-refractivity contribution in [3.8, 4) is 0 Å². The second-order valence-electron chi connectivity index (χ2n) is 5.87. The molecule has 0 amide bonds. The van der Waals surface area contributed by atoms with Crippen LogP contribution in [0.3, 0.4) is 0 Å². The lowest BCUT2D eigenvalue weighted by molar-refractivity contribution is -0.139. The fraction of sp³-hybridized carbons (Fsp3) is 0.533. The number of benzene rings is 1. The molecule has 21 heavy (non-hydrogen) atoms. The van der Waals surface area contributed by atoms with Crippen LogP contribution in [0.4, 0.5) is 0 Å². The first-order valence-corrected chi connectivity index (χ1v) is 8.47. The molecule has 0 bridgehead atoms. The third-order valence-electron chi connectivity index (χ3n) is 3.14. The van der Waals surface area contributed by atoms with Gasteiger partial charge in [0.15, 0.2) is 0 Å². The minimum Gasteiger partial charge on any atom is -0.480 e. The Kier molecular flexibility index (Phi) is 5.92. The summed E-state index contributed by atoms with van der Waals surface area (Å²) in [7, 11) is -3.84. The maximum Gasteiger partial charge on any atom is 0.321 e. The minimum absolute atomic E-state index is 0.0794. The first kappa shape index (κ1) is 17.7. The van der Waals surface area contributed by atoms with E-state index in [9.17, 15) is 13.2 Å². The van der Waals surface area contributed by atoms with E-state index in [1.807, 2.05) is 33.8 Å². The molecule has 0 radical (unpaired) electrons. The fourth-order valence-electron chi connectivity index (χ4n) is 1.97. The molecule has 0 fully saturated rings. The van der Waals surface area contributed by atoms with Gasteiger partial charge in [-0.2, -0.15) is 4.72 Å². The van der Waals surface area contributed by atoms with E-state index in [1.165, 1.54) is 6.07 Å². The molecule has 0 aliphatic heterocycles. The number of carboxylic acids is 1. The van der Waals surface area contributed by atoms with Crippen LogP contribution in [-0.4, -0.2) is 25.5 Å².